The van der Waals surface area contributed by atoms with Crippen molar-refractivity contribution in [3.8, 4) is 0 Å². The Morgan fingerprint density at radius 1 is 1.42 bits per heavy atom. The Balaban J connectivity index is 3.16. The van der Waals surface area contributed by atoms with Crippen LogP contribution in [-0.2, 0) is 0 Å². The average molecular weight is 266 g/mol. The van der Waals surface area contributed by atoms with Crippen molar-refractivity contribution in [2.45, 2.75) is 39.2 Å². The molecule has 0 unspecified atom stereocenters. The van der Waals surface area contributed by atoms with E-state index in [9.17, 15) is 14.9 Å². The molecule has 6 nitrogen and oxygen atoms in total. The minimum atomic E-state index is -1.30. The van der Waals surface area contributed by atoms with Crippen LogP contribution in [0, 0.1) is 10.1 Å². The number of nitrogens with zero attached hydrogens (tertiary/aromatic N) is 1. The van der Waals surface area contributed by atoms with Gasteiger partial charge in [-0.05, 0) is 31.9 Å². The predicted octanol–water partition coefficient (Wildman–Crippen LogP) is 3.28. The number of hydrogen-bond donors (Lipinski definition) is 2. The van der Waals surface area contributed by atoms with Crippen LogP contribution in [-0.4, -0.2) is 21.5 Å². The van der Waals surface area contributed by atoms with Gasteiger partial charge in [0.1, 0.15) is 5.56 Å². The van der Waals surface area contributed by atoms with E-state index >= 15 is 0 Å². The molecule has 0 aliphatic rings. The maximum Gasteiger partial charge on any atom is 0.342 e. The van der Waals surface area contributed by atoms with E-state index in [0.717, 1.165) is 12.8 Å². The van der Waals surface area contributed by atoms with Gasteiger partial charge in [0.25, 0.3) is 5.69 Å². The van der Waals surface area contributed by atoms with Crippen LogP contribution < -0.4 is 5.32 Å². The molecule has 0 radical (unpaired) electrons. The quantitative estimate of drug-likeness (QED) is 0.608. The molecule has 0 bridgehead atoms. The third-order valence-electron chi connectivity index (χ3n) is 3.43. The van der Waals surface area contributed by atoms with Crippen molar-refractivity contribution < 1.29 is 14.8 Å². The minimum Gasteiger partial charge on any atom is -0.477 e. The lowest BCUT2D eigenvalue weighted by Crippen LogP contribution is -2.33. The van der Waals surface area contributed by atoms with Crippen LogP contribution in [0.3, 0.4) is 0 Å². The summed E-state index contributed by atoms with van der Waals surface area (Å²) in [5.74, 6) is -1.30. The smallest absolute Gasteiger partial charge is 0.342 e. The summed E-state index contributed by atoms with van der Waals surface area (Å²) < 4.78 is 0. The number of carboxylic acid groups (broad SMARTS) is 1. The van der Waals surface area contributed by atoms with Crippen molar-refractivity contribution in [3.05, 3.63) is 33.9 Å². The fraction of sp³-hybridized carbons (Fsp3) is 0.462. The lowest BCUT2D eigenvalue weighted by atomic mass is 9.95. The van der Waals surface area contributed by atoms with Gasteiger partial charge in [-0.2, -0.15) is 0 Å². The molecular weight excluding hydrogens is 248 g/mol. The fourth-order valence-electron chi connectivity index (χ4n) is 1.72. The van der Waals surface area contributed by atoms with Gasteiger partial charge in [0.05, 0.1) is 4.92 Å². The van der Waals surface area contributed by atoms with Crippen LogP contribution in [0.5, 0.6) is 0 Å². The highest BCUT2D eigenvalue weighted by Crippen LogP contribution is 2.26. The molecule has 2 N–H and O–H groups in total. The summed E-state index contributed by atoms with van der Waals surface area (Å²) in [5.41, 5.74) is -0.280. The van der Waals surface area contributed by atoms with Gasteiger partial charge in [0, 0.05) is 17.3 Å². The van der Waals surface area contributed by atoms with Crippen LogP contribution in [0.15, 0.2) is 18.2 Å². The SMILES string of the molecule is CCC(C)(CC)Nc1ccc([N+](=O)[O-])c(C(=O)O)c1. The standard InChI is InChI=1S/C13H18N2O4/c1-4-13(3,5-2)14-9-6-7-11(15(18)19)10(8-9)12(16)17/h6-8,14H,4-5H2,1-3H3,(H,16,17). The van der Waals surface area contributed by atoms with Crippen molar-refractivity contribution in [3.63, 3.8) is 0 Å². The van der Waals surface area contributed by atoms with E-state index < -0.39 is 16.6 Å². The van der Waals surface area contributed by atoms with Crippen LogP contribution in [0.4, 0.5) is 11.4 Å². The highest BCUT2D eigenvalue weighted by Gasteiger charge is 2.23. The second kappa shape index (κ2) is 5.69. The predicted molar refractivity (Wildman–Crippen MR) is 72.7 cm³/mol. The van der Waals surface area contributed by atoms with Gasteiger partial charge in [-0.25, -0.2) is 4.79 Å². The first-order valence-corrected chi connectivity index (χ1v) is 6.13. The van der Waals surface area contributed by atoms with Crippen molar-refractivity contribution in [2.24, 2.45) is 0 Å². The fourth-order valence-corrected chi connectivity index (χ4v) is 1.72. The monoisotopic (exact) mass is 266 g/mol. The van der Waals surface area contributed by atoms with Crippen molar-refractivity contribution in [1.82, 2.24) is 0 Å². The molecule has 1 aromatic rings. The third kappa shape index (κ3) is 3.43. The largest absolute Gasteiger partial charge is 0.477 e. The topological polar surface area (TPSA) is 92.5 Å². The molecule has 0 fully saturated rings. The number of aromatic carboxylic acids is 1. The Labute approximate surface area is 111 Å². The average Bonchev–Trinajstić information content (AvgIpc) is 2.38. The van der Waals surface area contributed by atoms with Gasteiger partial charge in [-0.3, -0.25) is 10.1 Å². The molecule has 1 aromatic carbocycles. The van der Waals surface area contributed by atoms with Gasteiger partial charge < -0.3 is 10.4 Å². The van der Waals surface area contributed by atoms with Gasteiger partial charge >= 0.3 is 5.97 Å². The summed E-state index contributed by atoms with van der Waals surface area (Å²) in [4.78, 5) is 21.1. The number of carbonyl (C=O) groups is 1. The van der Waals surface area contributed by atoms with E-state index in [1.54, 1.807) is 0 Å². The van der Waals surface area contributed by atoms with Crippen LogP contribution in [0.1, 0.15) is 44.0 Å². The second-order valence-electron chi connectivity index (χ2n) is 4.69. The molecule has 0 aliphatic carbocycles. The highest BCUT2D eigenvalue weighted by molar-refractivity contribution is 5.93. The second-order valence-corrected chi connectivity index (χ2v) is 4.69. The number of nitrogens with one attached hydrogen (secondary N) is 1. The van der Waals surface area contributed by atoms with Crippen LogP contribution in [0.25, 0.3) is 0 Å². The normalized spacial score (nSPS) is 11.1. The number of nitro groups is 1. The Bertz CT molecular complexity index is 495. The van der Waals surface area contributed by atoms with E-state index in [-0.39, 0.29) is 11.1 Å². The number of nitro benzene ring substituents is 1. The molecule has 0 amide bonds. The highest BCUT2D eigenvalue weighted by atomic mass is 16.6. The summed E-state index contributed by atoms with van der Waals surface area (Å²) >= 11 is 0. The minimum absolute atomic E-state index is 0.161. The summed E-state index contributed by atoms with van der Waals surface area (Å²) in [5, 5.41) is 23.0. The van der Waals surface area contributed by atoms with Crippen molar-refractivity contribution >= 4 is 17.3 Å². The van der Waals surface area contributed by atoms with Crippen molar-refractivity contribution in [1.29, 1.82) is 0 Å². The third-order valence-corrected chi connectivity index (χ3v) is 3.43. The van der Waals surface area contributed by atoms with Gasteiger partial charge in [0.2, 0.25) is 0 Å². The zero-order valence-electron chi connectivity index (χ0n) is 11.3. The van der Waals surface area contributed by atoms with E-state index in [0.29, 0.717) is 5.69 Å². The first-order valence-electron chi connectivity index (χ1n) is 6.13. The van der Waals surface area contributed by atoms with Gasteiger partial charge in [0.15, 0.2) is 0 Å². The molecular formula is C13H18N2O4. The number of rotatable bonds is 6. The summed E-state index contributed by atoms with van der Waals surface area (Å²) in [6.07, 6.45) is 1.73. The lowest BCUT2D eigenvalue weighted by molar-refractivity contribution is -0.385. The van der Waals surface area contributed by atoms with E-state index in [2.05, 4.69) is 5.32 Å². The number of carboxylic acids is 1. The number of benzene rings is 1. The van der Waals surface area contributed by atoms with E-state index in [1.165, 1.54) is 18.2 Å². The number of anilines is 1. The first-order chi connectivity index (χ1) is 8.83. The Kier molecular flexibility index (Phi) is 4.47. The molecule has 0 atom stereocenters. The molecule has 1 rings (SSSR count). The molecule has 19 heavy (non-hydrogen) atoms. The molecule has 104 valence electrons. The molecule has 0 saturated carbocycles. The summed E-state index contributed by atoms with van der Waals surface area (Å²) in [6.45, 7) is 6.08. The molecule has 0 saturated heterocycles. The van der Waals surface area contributed by atoms with Crippen LogP contribution in [0.2, 0.25) is 0 Å². The Morgan fingerprint density at radius 3 is 2.42 bits per heavy atom. The maximum absolute atomic E-state index is 11.1. The van der Waals surface area contributed by atoms with Gasteiger partial charge in [-0.15, -0.1) is 0 Å². The molecule has 0 spiro atoms. The first kappa shape index (κ1) is 14.9. The Morgan fingerprint density at radius 2 is 2.00 bits per heavy atom. The molecule has 0 aliphatic heterocycles. The molecule has 6 heteroatoms. The summed E-state index contributed by atoms with van der Waals surface area (Å²) in [7, 11) is 0. The van der Waals surface area contributed by atoms with Crippen molar-refractivity contribution in [2.75, 3.05) is 5.32 Å². The lowest BCUT2D eigenvalue weighted by Gasteiger charge is -2.29. The summed E-state index contributed by atoms with van der Waals surface area (Å²) in [6, 6.07) is 4.07. The Hall–Kier alpha value is -2.11. The van der Waals surface area contributed by atoms with E-state index in [1.807, 2.05) is 20.8 Å². The van der Waals surface area contributed by atoms with Crippen LogP contribution >= 0.6 is 0 Å². The van der Waals surface area contributed by atoms with Gasteiger partial charge in [-0.1, -0.05) is 13.8 Å². The molecule has 0 heterocycles. The zero-order valence-corrected chi connectivity index (χ0v) is 11.3. The van der Waals surface area contributed by atoms with E-state index in [4.69, 9.17) is 5.11 Å². The molecule has 0 aromatic heterocycles. The maximum atomic E-state index is 11.1. The zero-order chi connectivity index (χ0) is 14.6. The number of hydrogen-bond acceptors (Lipinski definition) is 4.